The van der Waals surface area contributed by atoms with E-state index in [9.17, 15) is 0 Å². The van der Waals surface area contributed by atoms with Gasteiger partial charge in [-0.25, -0.2) is 0 Å². The maximum atomic E-state index is 3.53. The van der Waals surface area contributed by atoms with E-state index in [1.165, 1.54) is 45.3 Å². The quantitative estimate of drug-likeness (QED) is 0.575. The molecule has 0 spiro atoms. The highest BCUT2D eigenvalue weighted by atomic mass is 15.0. The number of rotatable bonds is 9. The first kappa shape index (κ1) is 13.9. The van der Waals surface area contributed by atoms with Crippen molar-refractivity contribution in [3.8, 4) is 0 Å². The van der Waals surface area contributed by atoms with Gasteiger partial charge in [-0.3, -0.25) is 0 Å². The zero-order valence-corrected chi connectivity index (χ0v) is 10.5. The highest BCUT2D eigenvalue weighted by Crippen LogP contribution is 2.02. The third kappa shape index (κ3) is 10.0. The van der Waals surface area contributed by atoms with Crippen LogP contribution >= 0.6 is 0 Å². The van der Waals surface area contributed by atoms with E-state index in [0.717, 1.165) is 5.92 Å². The zero-order valence-electron chi connectivity index (χ0n) is 10.5. The highest BCUT2D eigenvalue weighted by molar-refractivity contribution is 4.56. The fraction of sp³-hybridized carbons (Fsp3) is 1.00. The maximum absolute atomic E-state index is 3.53. The summed E-state index contributed by atoms with van der Waals surface area (Å²) in [5.74, 6) is 0.842. The lowest BCUT2D eigenvalue weighted by molar-refractivity contribution is 0.388. The molecule has 0 aromatic rings. The molecule has 0 aliphatic rings. The predicted octanol–water partition coefficient (Wildman–Crippen LogP) is 2.35. The minimum Gasteiger partial charge on any atom is -0.316 e. The molecular formula is C12H28N2. The molecule has 0 aliphatic heterocycles. The average molecular weight is 200 g/mol. The van der Waals surface area contributed by atoms with Gasteiger partial charge in [-0.2, -0.15) is 0 Å². The molecule has 2 nitrogen and oxygen atoms in total. The fourth-order valence-corrected chi connectivity index (χ4v) is 1.62. The normalized spacial score (nSPS) is 13.5. The van der Waals surface area contributed by atoms with Crippen LogP contribution in [0, 0.1) is 5.92 Å². The Balaban J connectivity index is 3.05. The van der Waals surface area contributed by atoms with E-state index in [0.29, 0.717) is 0 Å². The van der Waals surface area contributed by atoms with Gasteiger partial charge < -0.3 is 10.2 Å². The molecule has 1 atom stereocenters. The van der Waals surface area contributed by atoms with Crippen LogP contribution in [0.2, 0.25) is 0 Å². The van der Waals surface area contributed by atoms with Crippen LogP contribution in [-0.4, -0.2) is 38.6 Å². The van der Waals surface area contributed by atoms with E-state index in [1.807, 2.05) is 0 Å². The van der Waals surface area contributed by atoms with Crippen molar-refractivity contribution in [2.75, 3.05) is 33.7 Å². The third-order valence-corrected chi connectivity index (χ3v) is 2.48. The monoisotopic (exact) mass is 200 g/mol. The van der Waals surface area contributed by atoms with Crippen LogP contribution in [-0.2, 0) is 0 Å². The van der Waals surface area contributed by atoms with Crippen molar-refractivity contribution >= 4 is 0 Å². The smallest absolute Gasteiger partial charge is 0.00232 e. The summed E-state index contributed by atoms with van der Waals surface area (Å²) in [5.41, 5.74) is 0. The fourth-order valence-electron chi connectivity index (χ4n) is 1.62. The van der Waals surface area contributed by atoms with Crippen LogP contribution in [0.5, 0.6) is 0 Å². The first-order chi connectivity index (χ1) is 6.66. The molecule has 0 fully saturated rings. The van der Waals surface area contributed by atoms with Gasteiger partial charge in [0, 0.05) is 0 Å². The van der Waals surface area contributed by atoms with Gasteiger partial charge in [0.15, 0.2) is 0 Å². The Morgan fingerprint density at radius 1 is 1.21 bits per heavy atom. The molecule has 86 valence electrons. The lowest BCUT2D eigenvalue weighted by atomic mass is 10.1. The van der Waals surface area contributed by atoms with Crippen molar-refractivity contribution in [2.24, 2.45) is 5.92 Å². The van der Waals surface area contributed by atoms with Gasteiger partial charge in [0.2, 0.25) is 0 Å². The third-order valence-electron chi connectivity index (χ3n) is 2.48. The molecule has 0 radical (unpaired) electrons. The zero-order chi connectivity index (χ0) is 10.8. The summed E-state index contributed by atoms with van der Waals surface area (Å²) < 4.78 is 0. The summed E-state index contributed by atoms with van der Waals surface area (Å²) in [5, 5.41) is 3.53. The highest BCUT2D eigenvalue weighted by Gasteiger charge is 1.98. The molecule has 0 aromatic carbocycles. The summed E-state index contributed by atoms with van der Waals surface area (Å²) >= 11 is 0. The maximum Gasteiger partial charge on any atom is -0.00232 e. The Morgan fingerprint density at radius 3 is 2.50 bits per heavy atom. The molecular weight excluding hydrogens is 172 g/mol. The molecule has 0 saturated heterocycles. The second kappa shape index (κ2) is 9.47. The second-order valence-corrected chi connectivity index (χ2v) is 4.61. The molecule has 0 saturated carbocycles. The average Bonchev–Trinajstić information content (AvgIpc) is 2.11. The summed E-state index contributed by atoms with van der Waals surface area (Å²) in [6, 6.07) is 0. The molecule has 14 heavy (non-hydrogen) atoms. The van der Waals surface area contributed by atoms with Crippen LogP contribution in [0.4, 0.5) is 0 Å². The molecule has 0 heterocycles. The van der Waals surface area contributed by atoms with E-state index in [-0.39, 0.29) is 0 Å². The van der Waals surface area contributed by atoms with Crippen molar-refractivity contribution < 1.29 is 0 Å². The van der Waals surface area contributed by atoms with E-state index in [2.05, 4.69) is 38.2 Å². The Kier molecular flexibility index (Phi) is 9.42. The summed E-state index contributed by atoms with van der Waals surface area (Å²) in [7, 11) is 4.27. The van der Waals surface area contributed by atoms with E-state index >= 15 is 0 Å². The lowest BCUT2D eigenvalue weighted by Gasteiger charge is -2.12. The molecule has 0 aliphatic carbocycles. The number of nitrogens with zero attached hydrogens (tertiary/aromatic N) is 1. The first-order valence-electron chi connectivity index (χ1n) is 6.02. The van der Waals surface area contributed by atoms with Crippen molar-refractivity contribution in [1.82, 2.24) is 10.2 Å². The minimum atomic E-state index is 0.842. The van der Waals surface area contributed by atoms with Crippen LogP contribution < -0.4 is 5.32 Å². The van der Waals surface area contributed by atoms with Gasteiger partial charge in [-0.1, -0.05) is 20.3 Å². The number of unbranched alkanes of at least 4 members (excludes halogenated alkanes) is 1. The van der Waals surface area contributed by atoms with Crippen LogP contribution in [0.15, 0.2) is 0 Å². The Labute approximate surface area is 90.1 Å². The van der Waals surface area contributed by atoms with Crippen LogP contribution in [0.3, 0.4) is 0 Å². The summed E-state index contributed by atoms with van der Waals surface area (Å²) in [6.07, 6.45) is 5.27. The molecule has 2 heteroatoms. The predicted molar refractivity (Wildman–Crippen MR) is 64.7 cm³/mol. The number of nitrogens with one attached hydrogen (secondary N) is 1. The lowest BCUT2D eigenvalue weighted by Crippen LogP contribution is -2.23. The molecule has 0 amide bonds. The van der Waals surface area contributed by atoms with Gasteiger partial charge in [-0.05, 0) is 58.9 Å². The van der Waals surface area contributed by atoms with Crippen LogP contribution in [0.1, 0.15) is 39.5 Å². The van der Waals surface area contributed by atoms with Gasteiger partial charge in [0.25, 0.3) is 0 Å². The molecule has 1 unspecified atom stereocenters. The second-order valence-electron chi connectivity index (χ2n) is 4.61. The van der Waals surface area contributed by atoms with Crippen molar-refractivity contribution in [2.45, 2.75) is 39.5 Å². The summed E-state index contributed by atoms with van der Waals surface area (Å²) in [4.78, 5) is 2.25. The van der Waals surface area contributed by atoms with E-state index in [1.54, 1.807) is 0 Å². The molecule has 1 N–H and O–H groups in total. The molecule has 0 bridgehead atoms. The molecule has 0 rings (SSSR count). The van der Waals surface area contributed by atoms with Crippen molar-refractivity contribution in [3.63, 3.8) is 0 Å². The number of hydrogen-bond donors (Lipinski definition) is 1. The largest absolute Gasteiger partial charge is 0.316 e. The summed E-state index contributed by atoms with van der Waals surface area (Å²) in [6.45, 7) is 8.17. The Hall–Kier alpha value is -0.0800. The molecule has 0 aromatic heterocycles. The van der Waals surface area contributed by atoms with E-state index < -0.39 is 0 Å². The standard InChI is InChI=1S/C12H28N2/c1-5-8-12(2)11-13-9-6-7-10-14(3)4/h12-13H,5-11H2,1-4H3. The van der Waals surface area contributed by atoms with Gasteiger partial charge >= 0.3 is 0 Å². The van der Waals surface area contributed by atoms with Gasteiger partial charge in [0.1, 0.15) is 0 Å². The first-order valence-corrected chi connectivity index (χ1v) is 6.02. The van der Waals surface area contributed by atoms with Crippen LogP contribution in [0.25, 0.3) is 0 Å². The minimum absolute atomic E-state index is 0.842. The van der Waals surface area contributed by atoms with Gasteiger partial charge in [0.05, 0.1) is 0 Å². The van der Waals surface area contributed by atoms with Crippen molar-refractivity contribution in [3.05, 3.63) is 0 Å². The Morgan fingerprint density at radius 2 is 1.93 bits per heavy atom. The Bertz CT molecular complexity index is 113. The topological polar surface area (TPSA) is 15.3 Å². The SMILES string of the molecule is CCCC(C)CNCCCCN(C)C. The number of hydrogen-bond acceptors (Lipinski definition) is 2. The van der Waals surface area contributed by atoms with Crippen molar-refractivity contribution in [1.29, 1.82) is 0 Å². The van der Waals surface area contributed by atoms with E-state index in [4.69, 9.17) is 0 Å². The van der Waals surface area contributed by atoms with Gasteiger partial charge in [-0.15, -0.1) is 0 Å².